The molecule has 1 amide bonds. The highest BCUT2D eigenvalue weighted by molar-refractivity contribution is 6.08. The van der Waals surface area contributed by atoms with Crippen molar-refractivity contribution in [2.75, 3.05) is 31.8 Å². The second-order valence-electron chi connectivity index (χ2n) is 7.63. The molecule has 0 radical (unpaired) electrons. The van der Waals surface area contributed by atoms with E-state index in [4.69, 9.17) is 9.47 Å². The third-order valence-corrected chi connectivity index (χ3v) is 5.40. The molecule has 1 aliphatic heterocycles. The SMILES string of the molecule is COCCOc1ncc(C)c(-c2ccc3c(c2)CCCN3C(=O)c2ccc(O)cc2O)n1. The maximum absolute atomic E-state index is 13.1. The Morgan fingerprint density at radius 3 is 2.78 bits per heavy atom. The molecule has 4 rings (SSSR count). The number of hydrogen-bond donors (Lipinski definition) is 2. The van der Waals surface area contributed by atoms with Crippen molar-refractivity contribution >= 4 is 11.6 Å². The van der Waals surface area contributed by atoms with Crippen LogP contribution in [0.25, 0.3) is 11.3 Å². The van der Waals surface area contributed by atoms with E-state index in [9.17, 15) is 15.0 Å². The van der Waals surface area contributed by atoms with E-state index in [0.29, 0.717) is 25.8 Å². The number of phenols is 2. The zero-order chi connectivity index (χ0) is 22.7. The first kappa shape index (κ1) is 21.6. The molecule has 2 N–H and O–H groups in total. The number of nitrogens with zero attached hydrogens (tertiary/aromatic N) is 3. The van der Waals surface area contributed by atoms with Gasteiger partial charge in [-0.05, 0) is 55.2 Å². The smallest absolute Gasteiger partial charge is 0.316 e. The van der Waals surface area contributed by atoms with Gasteiger partial charge in [-0.1, -0.05) is 6.07 Å². The summed E-state index contributed by atoms with van der Waals surface area (Å²) in [5, 5.41) is 19.6. The number of anilines is 1. The minimum absolute atomic E-state index is 0.0893. The number of fused-ring (bicyclic) bond motifs is 1. The van der Waals surface area contributed by atoms with Crippen LogP contribution >= 0.6 is 0 Å². The van der Waals surface area contributed by atoms with Crippen LogP contribution in [0.1, 0.15) is 27.9 Å². The van der Waals surface area contributed by atoms with Crippen molar-refractivity contribution in [3.63, 3.8) is 0 Å². The van der Waals surface area contributed by atoms with Crippen molar-refractivity contribution in [3.05, 3.63) is 59.3 Å². The van der Waals surface area contributed by atoms with Crippen LogP contribution in [0.15, 0.2) is 42.6 Å². The summed E-state index contributed by atoms with van der Waals surface area (Å²) in [5.74, 6) is -0.631. The highest BCUT2D eigenvalue weighted by atomic mass is 16.5. The van der Waals surface area contributed by atoms with E-state index >= 15 is 0 Å². The summed E-state index contributed by atoms with van der Waals surface area (Å²) in [6, 6.07) is 10.2. The lowest BCUT2D eigenvalue weighted by atomic mass is 9.96. The number of aromatic hydroxyl groups is 2. The normalized spacial score (nSPS) is 13.0. The zero-order valence-corrected chi connectivity index (χ0v) is 18.0. The van der Waals surface area contributed by atoms with E-state index in [-0.39, 0.29) is 23.0 Å². The van der Waals surface area contributed by atoms with Gasteiger partial charge >= 0.3 is 6.01 Å². The van der Waals surface area contributed by atoms with E-state index in [0.717, 1.165) is 40.9 Å². The maximum Gasteiger partial charge on any atom is 0.316 e. The molecule has 8 nitrogen and oxygen atoms in total. The highest BCUT2D eigenvalue weighted by Gasteiger charge is 2.26. The van der Waals surface area contributed by atoms with Crippen molar-refractivity contribution in [2.24, 2.45) is 0 Å². The Morgan fingerprint density at radius 1 is 1.16 bits per heavy atom. The molecule has 8 heteroatoms. The van der Waals surface area contributed by atoms with Gasteiger partial charge in [0.05, 0.1) is 17.9 Å². The van der Waals surface area contributed by atoms with Gasteiger partial charge in [0, 0.05) is 37.2 Å². The first-order valence-corrected chi connectivity index (χ1v) is 10.4. The van der Waals surface area contributed by atoms with Gasteiger partial charge in [0.25, 0.3) is 5.91 Å². The number of carbonyl (C=O) groups excluding carboxylic acids is 1. The minimum Gasteiger partial charge on any atom is -0.508 e. The topological polar surface area (TPSA) is 105 Å². The van der Waals surface area contributed by atoms with Gasteiger partial charge in [-0.2, -0.15) is 4.98 Å². The third kappa shape index (κ3) is 4.36. The average molecular weight is 435 g/mol. The molecule has 0 unspecified atom stereocenters. The molecule has 0 saturated carbocycles. The van der Waals surface area contributed by atoms with Crippen molar-refractivity contribution in [1.82, 2.24) is 9.97 Å². The predicted molar refractivity (Wildman–Crippen MR) is 119 cm³/mol. The van der Waals surface area contributed by atoms with E-state index in [1.165, 1.54) is 18.2 Å². The summed E-state index contributed by atoms with van der Waals surface area (Å²) < 4.78 is 10.5. The van der Waals surface area contributed by atoms with Gasteiger partial charge in [0.2, 0.25) is 0 Å². The minimum atomic E-state index is -0.303. The molecular weight excluding hydrogens is 410 g/mol. The van der Waals surface area contributed by atoms with Crippen LogP contribution in [0.5, 0.6) is 17.5 Å². The number of benzene rings is 2. The third-order valence-electron chi connectivity index (χ3n) is 5.40. The molecule has 2 heterocycles. The van der Waals surface area contributed by atoms with Crippen molar-refractivity contribution < 1.29 is 24.5 Å². The average Bonchev–Trinajstić information content (AvgIpc) is 2.79. The number of methoxy groups -OCH3 is 1. The van der Waals surface area contributed by atoms with Gasteiger partial charge in [-0.3, -0.25) is 4.79 Å². The molecule has 0 fully saturated rings. The summed E-state index contributed by atoms with van der Waals surface area (Å²) in [6.07, 6.45) is 3.36. The van der Waals surface area contributed by atoms with E-state index < -0.39 is 0 Å². The molecule has 0 aliphatic carbocycles. The van der Waals surface area contributed by atoms with Crippen LogP contribution < -0.4 is 9.64 Å². The first-order chi connectivity index (χ1) is 15.5. The van der Waals surface area contributed by atoms with Crippen LogP contribution in [0.4, 0.5) is 5.69 Å². The van der Waals surface area contributed by atoms with Gasteiger partial charge in [0.15, 0.2) is 0 Å². The number of aryl methyl sites for hydroxylation is 2. The fraction of sp³-hybridized carbons (Fsp3) is 0.292. The second kappa shape index (κ2) is 9.23. The van der Waals surface area contributed by atoms with Gasteiger partial charge in [0.1, 0.15) is 18.1 Å². The van der Waals surface area contributed by atoms with Gasteiger partial charge in [-0.15, -0.1) is 0 Å². The van der Waals surface area contributed by atoms with Crippen LogP contribution in [-0.2, 0) is 11.2 Å². The number of ether oxygens (including phenoxy) is 2. The maximum atomic E-state index is 13.1. The molecule has 0 saturated heterocycles. The summed E-state index contributed by atoms with van der Waals surface area (Å²) in [6.45, 7) is 3.31. The summed E-state index contributed by atoms with van der Waals surface area (Å²) in [7, 11) is 1.61. The number of rotatable bonds is 6. The van der Waals surface area contributed by atoms with E-state index in [2.05, 4.69) is 9.97 Å². The molecule has 0 spiro atoms. The molecular formula is C24H25N3O5. The second-order valence-corrected chi connectivity index (χ2v) is 7.63. The lowest BCUT2D eigenvalue weighted by molar-refractivity contribution is 0.0982. The van der Waals surface area contributed by atoms with Crippen LogP contribution in [0.2, 0.25) is 0 Å². The Kier molecular flexibility index (Phi) is 6.23. The Bertz CT molecular complexity index is 1150. The number of amides is 1. The fourth-order valence-electron chi connectivity index (χ4n) is 3.81. The highest BCUT2D eigenvalue weighted by Crippen LogP contribution is 2.34. The molecule has 3 aromatic rings. The summed E-state index contributed by atoms with van der Waals surface area (Å²) in [5.41, 5.74) is 4.60. The van der Waals surface area contributed by atoms with E-state index in [1.807, 2.05) is 25.1 Å². The Morgan fingerprint density at radius 2 is 2.00 bits per heavy atom. The zero-order valence-electron chi connectivity index (χ0n) is 18.0. The number of hydrogen-bond acceptors (Lipinski definition) is 7. The van der Waals surface area contributed by atoms with E-state index in [1.54, 1.807) is 18.2 Å². The molecule has 0 bridgehead atoms. The fourth-order valence-corrected chi connectivity index (χ4v) is 3.81. The van der Waals surface area contributed by atoms with Gasteiger partial charge in [-0.25, -0.2) is 4.98 Å². The number of carbonyl (C=O) groups is 1. The van der Waals surface area contributed by atoms with Crippen molar-refractivity contribution in [2.45, 2.75) is 19.8 Å². The molecule has 32 heavy (non-hydrogen) atoms. The van der Waals surface area contributed by atoms with Crippen LogP contribution in [-0.4, -0.2) is 53.0 Å². The standard InChI is InChI=1S/C24H25N3O5/c1-15-14-25-24(32-11-10-31-2)26-22(15)17-5-8-20-16(12-17)4-3-9-27(20)23(30)19-7-6-18(28)13-21(19)29/h5-8,12-14,28-29H,3-4,9-11H2,1-2H3. The number of aromatic nitrogens is 2. The van der Waals surface area contributed by atoms with Crippen LogP contribution in [0, 0.1) is 6.92 Å². The summed E-state index contributed by atoms with van der Waals surface area (Å²) in [4.78, 5) is 23.6. The predicted octanol–water partition coefficient (Wildman–Crippen LogP) is 3.48. The monoisotopic (exact) mass is 435 g/mol. The summed E-state index contributed by atoms with van der Waals surface area (Å²) >= 11 is 0. The van der Waals surface area contributed by atoms with Gasteiger partial charge < -0.3 is 24.6 Å². The molecule has 2 aromatic carbocycles. The Labute approximate surface area is 186 Å². The molecule has 166 valence electrons. The molecule has 1 aliphatic rings. The number of phenolic OH excluding ortho intramolecular Hbond substituents is 2. The quantitative estimate of drug-likeness (QED) is 0.571. The largest absolute Gasteiger partial charge is 0.508 e. The Balaban J connectivity index is 1.64. The lowest BCUT2D eigenvalue weighted by Crippen LogP contribution is -2.35. The molecule has 0 atom stereocenters. The first-order valence-electron chi connectivity index (χ1n) is 10.4. The lowest BCUT2D eigenvalue weighted by Gasteiger charge is -2.30. The Hall–Kier alpha value is -3.65. The van der Waals surface area contributed by atoms with Crippen molar-refractivity contribution in [3.8, 4) is 28.8 Å². The van der Waals surface area contributed by atoms with Crippen molar-refractivity contribution in [1.29, 1.82) is 0 Å². The molecule has 1 aromatic heterocycles. The van der Waals surface area contributed by atoms with Crippen LogP contribution in [0.3, 0.4) is 0 Å².